The van der Waals surface area contributed by atoms with Gasteiger partial charge in [-0.15, -0.1) is 11.3 Å². The molecule has 30 heavy (non-hydrogen) atoms. The van der Waals surface area contributed by atoms with Gasteiger partial charge in [0, 0.05) is 18.8 Å². The summed E-state index contributed by atoms with van der Waals surface area (Å²) in [5.74, 6) is 0.404. The predicted octanol–water partition coefficient (Wildman–Crippen LogP) is 3.37. The number of ether oxygens (including phenoxy) is 1. The molecule has 0 unspecified atom stereocenters. The third-order valence-corrected chi connectivity index (χ3v) is 5.42. The lowest BCUT2D eigenvalue weighted by atomic mass is 10.2. The van der Waals surface area contributed by atoms with Crippen LogP contribution in [0.3, 0.4) is 0 Å². The number of aryl methyl sites for hydroxylation is 1. The van der Waals surface area contributed by atoms with Crippen LogP contribution in [0.4, 0.5) is 5.13 Å². The van der Waals surface area contributed by atoms with Crippen LogP contribution in [0.15, 0.2) is 23.6 Å². The van der Waals surface area contributed by atoms with E-state index in [2.05, 4.69) is 30.8 Å². The fourth-order valence-corrected chi connectivity index (χ4v) is 3.76. The van der Waals surface area contributed by atoms with Crippen LogP contribution in [0.2, 0.25) is 5.02 Å². The van der Waals surface area contributed by atoms with E-state index >= 15 is 0 Å². The van der Waals surface area contributed by atoms with Gasteiger partial charge in [0.1, 0.15) is 12.1 Å². The van der Waals surface area contributed by atoms with Gasteiger partial charge in [0.15, 0.2) is 5.13 Å². The average molecular weight is 447 g/mol. The largest absolute Gasteiger partial charge is 0.458 e. The van der Waals surface area contributed by atoms with E-state index in [1.54, 1.807) is 17.7 Å². The molecule has 0 aliphatic heterocycles. The van der Waals surface area contributed by atoms with Crippen LogP contribution in [0, 0.1) is 0 Å². The highest BCUT2D eigenvalue weighted by Crippen LogP contribution is 2.30. The number of amides is 1. The topological polar surface area (TPSA) is 113 Å². The number of fused-ring (bicyclic) bond motifs is 1. The molecule has 4 aromatic rings. The van der Waals surface area contributed by atoms with Crippen molar-refractivity contribution in [1.29, 1.82) is 0 Å². The maximum absolute atomic E-state index is 11.9. The molecule has 0 aliphatic rings. The molecule has 0 aliphatic carbocycles. The number of tetrazole rings is 1. The van der Waals surface area contributed by atoms with Gasteiger partial charge in [0.05, 0.1) is 16.2 Å². The summed E-state index contributed by atoms with van der Waals surface area (Å²) in [5.41, 5.74) is 1.98. The molecule has 0 bridgehead atoms. The number of hydrogen-bond donors (Lipinski definition) is 1. The normalized spacial score (nSPS) is 11.2. The van der Waals surface area contributed by atoms with Crippen molar-refractivity contribution in [3.05, 3.63) is 34.3 Å². The lowest BCUT2D eigenvalue weighted by Gasteiger charge is -2.07. The molecule has 10 nitrogen and oxygen atoms in total. The van der Waals surface area contributed by atoms with Crippen LogP contribution in [0.5, 0.6) is 6.01 Å². The number of nitrogens with one attached hydrogen (secondary N) is 1. The molecule has 0 spiro atoms. The Kier molecular flexibility index (Phi) is 5.91. The third-order valence-electron chi connectivity index (χ3n) is 4.31. The SMILES string of the molecule is CCCCC(=O)Nc1nc(COc2nc3c(Cl)cccc3n2-c2nnnn2C)cs1. The minimum Gasteiger partial charge on any atom is -0.458 e. The molecule has 3 heterocycles. The number of nitrogens with zero attached hydrogens (tertiary/aromatic N) is 7. The summed E-state index contributed by atoms with van der Waals surface area (Å²) in [6.45, 7) is 2.21. The Morgan fingerprint density at radius 1 is 1.33 bits per heavy atom. The lowest BCUT2D eigenvalue weighted by Crippen LogP contribution is -2.11. The van der Waals surface area contributed by atoms with Crippen molar-refractivity contribution in [3.63, 3.8) is 0 Å². The van der Waals surface area contributed by atoms with Crippen molar-refractivity contribution < 1.29 is 9.53 Å². The molecule has 0 saturated heterocycles. The first kappa shape index (κ1) is 20.2. The van der Waals surface area contributed by atoms with Crippen LogP contribution in [-0.2, 0) is 18.4 Å². The summed E-state index contributed by atoms with van der Waals surface area (Å²) in [5, 5.41) is 17.3. The van der Waals surface area contributed by atoms with E-state index in [0.717, 1.165) is 18.4 Å². The number of carbonyl (C=O) groups excluding carboxylic acids is 1. The quantitative estimate of drug-likeness (QED) is 0.441. The minimum absolute atomic E-state index is 0.0371. The van der Waals surface area contributed by atoms with Crippen molar-refractivity contribution in [1.82, 2.24) is 34.7 Å². The van der Waals surface area contributed by atoms with Gasteiger partial charge in [-0.2, -0.15) is 4.98 Å². The molecule has 0 atom stereocenters. The maximum atomic E-state index is 11.9. The summed E-state index contributed by atoms with van der Waals surface area (Å²) >= 11 is 7.66. The molecule has 1 amide bonds. The molecule has 1 N–H and O–H groups in total. The Hall–Kier alpha value is -3.05. The van der Waals surface area contributed by atoms with Gasteiger partial charge in [-0.3, -0.25) is 4.79 Å². The summed E-state index contributed by atoms with van der Waals surface area (Å²) < 4.78 is 9.15. The Labute approximate surface area is 180 Å². The zero-order valence-electron chi connectivity index (χ0n) is 16.4. The standard InChI is InChI=1S/C18H19ClN8O2S/c1-3-4-8-14(28)21-16-20-11(10-30-16)9-29-18-22-15-12(19)6-5-7-13(15)27(18)17-23-24-25-26(17)2/h5-7,10H,3-4,8-9H2,1-2H3,(H,20,21,28). The summed E-state index contributed by atoms with van der Waals surface area (Å²) in [7, 11) is 1.73. The second-order valence-electron chi connectivity index (χ2n) is 6.52. The zero-order valence-corrected chi connectivity index (χ0v) is 17.9. The lowest BCUT2D eigenvalue weighted by molar-refractivity contribution is -0.116. The van der Waals surface area contributed by atoms with Gasteiger partial charge < -0.3 is 10.1 Å². The van der Waals surface area contributed by atoms with Crippen molar-refractivity contribution in [2.45, 2.75) is 32.8 Å². The third kappa shape index (κ3) is 4.12. The fourth-order valence-electron chi connectivity index (χ4n) is 2.84. The average Bonchev–Trinajstić information content (AvgIpc) is 3.43. The van der Waals surface area contributed by atoms with E-state index in [1.807, 2.05) is 24.4 Å². The molecule has 12 heteroatoms. The fraction of sp³-hybridized carbons (Fsp3) is 0.333. The van der Waals surface area contributed by atoms with Crippen LogP contribution in [0.1, 0.15) is 31.9 Å². The first-order valence-corrected chi connectivity index (χ1v) is 10.6. The summed E-state index contributed by atoms with van der Waals surface area (Å²) in [4.78, 5) is 20.8. The maximum Gasteiger partial charge on any atom is 0.305 e. The first-order chi connectivity index (χ1) is 14.6. The highest BCUT2D eigenvalue weighted by molar-refractivity contribution is 7.13. The number of halogens is 1. The number of carbonyl (C=O) groups is 1. The highest BCUT2D eigenvalue weighted by atomic mass is 35.5. The number of benzene rings is 1. The first-order valence-electron chi connectivity index (χ1n) is 9.33. The zero-order chi connectivity index (χ0) is 21.1. The van der Waals surface area contributed by atoms with Crippen molar-refractivity contribution in [3.8, 4) is 12.0 Å². The number of aromatic nitrogens is 7. The number of thiazole rings is 1. The van der Waals surface area contributed by atoms with Gasteiger partial charge in [0.25, 0.3) is 5.95 Å². The predicted molar refractivity (Wildman–Crippen MR) is 113 cm³/mol. The van der Waals surface area contributed by atoms with Crippen LogP contribution in [-0.4, -0.2) is 40.6 Å². The number of unbranched alkanes of at least 4 members (excludes halogenated alkanes) is 1. The molecule has 0 saturated carbocycles. The number of para-hydroxylation sites is 1. The number of hydrogen-bond acceptors (Lipinski definition) is 8. The van der Waals surface area contributed by atoms with Crippen molar-refractivity contribution in [2.75, 3.05) is 5.32 Å². The second kappa shape index (κ2) is 8.76. The molecular formula is C18H19ClN8O2S. The Morgan fingerprint density at radius 2 is 2.20 bits per heavy atom. The van der Waals surface area contributed by atoms with Gasteiger partial charge in [-0.05, 0) is 29.0 Å². The van der Waals surface area contributed by atoms with Crippen molar-refractivity contribution in [2.24, 2.45) is 7.05 Å². The molecule has 0 fully saturated rings. The summed E-state index contributed by atoms with van der Waals surface area (Å²) in [6, 6.07) is 5.73. The summed E-state index contributed by atoms with van der Waals surface area (Å²) in [6.07, 6.45) is 2.30. The van der Waals surface area contributed by atoms with Gasteiger partial charge in [-0.1, -0.05) is 36.1 Å². The van der Waals surface area contributed by atoms with Gasteiger partial charge in [0.2, 0.25) is 5.91 Å². The van der Waals surface area contributed by atoms with Gasteiger partial charge in [-0.25, -0.2) is 14.2 Å². The second-order valence-corrected chi connectivity index (χ2v) is 7.79. The molecule has 156 valence electrons. The van der Waals surface area contributed by atoms with Gasteiger partial charge >= 0.3 is 6.01 Å². The molecule has 4 rings (SSSR count). The Bertz CT molecular complexity index is 1180. The monoisotopic (exact) mass is 446 g/mol. The van der Waals surface area contributed by atoms with E-state index < -0.39 is 0 Å². The van der Waals surface area contributed by atoms with E-state index in [4.69, 9.17) is 16.3 Å². The van der Waals surface area contributed by atoms with E-state index in [0.29, 0.717) is 33.7 Å². The van der Waals surface area contributed by atoms with Crippen LogP contribution in [0.25, 0.3) is 17.0 Å². The molecule has 1 aromatic carbocycles. The minimum atomic E-state index is -0.0371. The molecular weight excluding hydrogens is 428 g/mol. The van der Waals surface area contributed by atoms with Crippen LogP contribution >= 0.6 is 22.9 Å². The smallest absolute Gasteiger partial charge is 0.305 e. The molecule has 3 aromatic heterocycles. The van der Waals surface area contributed by atoms with E-state index in [-0.39, 0.29) is 18.5 Å². The Balaban J connectivity index is 1.56. The number of rotatable bonds is 8. The van der Waals surface area contributed by atoms with E-state index in [9.17, 15) is 4.79 Å². The van der Waals surface area contributed by atoms with Crippen LogP contribution < -0.4 is 10.1 Å². The highest BCUT2D eigenvalue weighted by Gasteiger charge is 2.20. The van der Waals surface area contributed by atoms with Crippen molar-refractivity contribution >= 4 is 45.0 Å². The molecule has 0 radical (unpaired) electrons. The Morgan fingerprint density at radius 3 is 2.97 bits per heavy atom. The van der Waals surface area contributed by atoms with E-state index in [1.165, 1.54) is 16.0 Å². The number of anilines is 1. The number of imidazole rings is 1.